The van der Waals surface area contributed by atoms with Gasteiger partial charge in [0, 0.05) is 35.6 Å². The molecule has 3 aromatic heterocycles. The van der Waals surface area contributed by atoms with Gasteiger partial charge in [0.05, 0.1) is 12.1 Å². The molecule has 1 N–H and O–H groups in total. The maximum Gasteiger partial charge on any atom is 0.272 e. The number of carbonyl (C=O) groups excluding carboxylic acids is 1. The average Bonchev–Trinajstić information content (AvgIpc) is 3.57. The third kappa shape index (κ3) is 3.91. The molecule has 1 aliphatic heterocycles. The fraction of sp³-hybridized carbons (Fsp3) is 0.167. The van der Waals surface area contributed by atoms with Gasteiger partial charge < -0.3 is 14.8 Å². The topological polar surface area (TPSA) is 95.6 Å². The number of carbonyl (C=O) groups is 1. The van der Waals surface area contributed by atoms with Gasteiger partial charge in [-0.15, -0.1) is 10.2 Å². The lowest BCUT2D eigenvalue weighted by atomic mass is 10.1. The summed E-state index contributed by atoms with van der Waals surface area (Å²) in [5.74, 6) is 1.02. The van der Waals surface area contributed by atoms with Crippen molar-refractivity contribution in [2.45, 2.75) is 13.0 Å². The molecule has 176 valence electrons. The summed E-state index contributed by atoms with van der Waals surface area (Å²) in [5.41, 5.74) is 2.20. The first-order chi connectivity index (χ1) is 17.1. The second-order valence-electron chi connectivity index (χ2n) is 8.02. The molecule has 0 atom stereocenters. The SMILES string of the molecule is O=C(NCCc1nnc2ccccn12)c1nn(Cc2cc3c(cc2Cl)OCO3)c2ccc(F)cc12. The van der Waals surface area contributed by atoms with Crippen LogP contribution < -0.4 is 14.8 Å². The van der Waals surface area contributed by atoms with Crippen LogP contribution in [0.3, 0.4) is 0 Å². The molecule has 0 radical (unpaired) electrons. The zero-order valence-electron chi connectivity index (χ0n) is 18.2. The molecule has 0 bridgehead atoms. The lowest BCUT2D eigenvalue weighted by Gasteiger charge is -2.08. The van der Waals surface area contributed by atoms with Gasteiger partial charge in [-0.25, -0.2) is 4.39 Å². The van der Waals surface area contributed by atoms with Gasteiger partial charge in [0.1, 0.15) is 11.6 Å². The summed E-state index contributed by atoms with van der Waals surface area (Å²) < 4.78 is 28.4. The molecule has 4 heterocycles. The Morgan fingerprint density at radius 3 is 2.86 bits per heavy atom. The number of hydrogen-bond donors (Lipinski definition) is 1. The van der Waals surface area contributed by atoms with E-state index >= 15 is 0 Å². The Kier molecular flexibility index (Phi) is 5.22. The summed E-state index contributed by atoms with van der Waals surface area (Å²) in [6.07, 6.45) is 2.34. The van der Waals surface area contributed by atoms with Crippen LogP contribution in [0, 0.1) is 5.82 Å². The number of aromatic nitrogens is 5. The Bertz CT molecular complexity index is 1600. The highest BCUT2D eigenvalue weighted by molar-refractivity contribution is 6.31. The maximum absolute atomic E-state index is 14.1. The van der Waals surface area contributed by atoms with Crippen LogP contribution in [0.5, 0.6) is 11.5 Å². The van der Waals surface area contributed by atoms with E-state index in [4.69, 9.17) is 21.1 Å². The average molecular weight is 493 g/mol. The zero-order valence-corrected chi connectivity index (χ0v) is 19.0. The van der Waals surface area contributed by atoms with Crippen molar-refractivity contribution in [2.75, 3.05) is 13.3 Å². The Hall–Kier alpha value is -4.18. The van der Waals surface area contributed by atoms with Gasteiger partial charge >= 0.3 is 0 Å². The molecule has 1 aliphatic rings. The van der Waals surface area contributed by atoms with Gasteiger partial charge in [-0.3, -0.25) is 13.9 Å². The summed E-state index contributed by atoms with van der Waals surface area (Å²) in [6.45, 7) is 0.705. The number of halogens is 2. The Labute approximate surface area is 203 Å². The summed E-state index contributed by atoms with van der Waals surface area (Å²) in [4.78, 5) is 13.0. The van der Waals surface area contributed by atoms with Crippen LogP contribution >= 0.6 is 11.6 Å². The van der Waals surface area contributed by atoms with E-state index in [0.717, 1.165) is 17.0 Å². The highest BCUT2D eigenvalue weighted by atomic mass is 35.5. The smallest absolute Gasteiger partial charge is 0.272 e. The molecule has 0 unspecified atom stereocenters. The first kappa shape index (κ1) is 21.4. The van der Waals surface area contributed by atoms with Gasteiger partial charge in [-0.1, -0.05) is 17.7 Å². The number of amides is 1. The van der Waals surface area contributed by atoms with E-state index in [9.17, 15) is 9.18 Å². The molecule has 0 spiro atoms. The lowest BCUT2D eigenvalue weighted by Crippen LogP contribution is -2.27. The van der Waals surface area contributed by atoms with E-state index in [1.54, 1.807) is 22.9 Å². The number of nitrogens with zero attached hydrogens (tertiary/aromatic N) is 5. The molecule has 35 heavy (non-hydrogen) atoms. The number of benzene rings is 2. The summed E-state index contributed by atoms with van der Waals surface area (Å²) >= 11 is 6.43. The van der Waals surface area contributed by atoms with Crippen molar-refractivity contribution in [2.24, 2.45) is 0 Å². The third-order valence-corrected chi connectivity index (χ3v) is 6.16. The predicted octanol–water partition coefficient (Wildman–Crippen LogP) is 3.62. The van der Waals surface area contributed by atoms with Crippen molar-refractivity contribution in [1.82, 2.24) is 29.7 Å². The fourth-order valence-electron chi connectivity index (χ4n) is 4.11. The van der Waals surface area contributed by atoms with Crippen molar-refractivity contribution in [3.05, 3.63) is 82.6 Å². The van der Waals surface area contributed by atoms with E-state index in [1.165, 1.54) is 12.1 Å². The molecule has 0 fully saturated rings. The zero-order chi connectivity index (χ0) is 23.9. The molecule has 2 aromatic carbocycles. The second-order valence-corrected chi connectivity index (χ2v) is 8.42. The molecular formula is C24H18ClFN6O3. The summed E-state index contributed by atoms with van der Waals surface area (Å²) in [5, 5.41) is 16.5. The third-order valence-electron chi connectivity index (χ3n) is 5.81. The Morgan fingerprint density at radius 1 is 1.11 bits per heavy atom. The lowest BCUT2D eigenvalue weighted by molar-refractivity contribution is 0.0949. The van der Waals surface area contributed by atoms with Crippen LogP contribution in [0.15, 0.2) is 54.7 Å². The number of hydrogen-bond acceptors (Lipinski definition) is 6. The summed E-state index contributed by atoms with van der Waals surface area (Å²) in [7, 11) is 0. The summed E-state index contributed by atoms with van der Waals surface area (Å²) in [6, 6.07) is 13.3. The van der Waals surface area contributed by atoms with Gasteiger partial charge in [0.15, 0.2) is 22.8 Å². The number of pyridine rings is 1. The van der Waals surface area contributed by atoms with Crippen LogP contribution in [0.1, 0.15) is 21.9 Å². The van der Waals surface area contributed by atoms with Crippen LogP contribution in [0.4, 0.5) is 4.39 Å². The fourth-order valence-corrected chi connectivity index (χ4v) is 4.33. The number of nitrogens with one attached hydrogen (secondary N) is 1. The van der Waals surface area contributed by atoms with Crippen molar-refractivity contribution in [1.29, 1.82) is 0 Å². The monoisotopic (exact) mass is 492 g/mol. The molecule has 11 heteroatoms. The van der Waals surface area contributed by atoms with Crippen LogP contribution in [-0.2, 0) is 13.0 Å². The standard InChI is InChI=1S/C24H18ClFN6O3/c25-17-11-20-19(34-13-35-20)9-14(17)12-32-18-5-4-15(26)10-16(18)23(30-32)24(33)27-7-6-22-29-28-21-3-1-2-8-31(21)22/h1-5,8-11H,6-7,12-13H2,(H,27,33). The van der Waals surface area contributed by atoms with E-state index in [-0.39, 0.29) is 19.0 Å². The normalized spacial score (nSPS) is 12.5. The number of fused-ring (bicyclic) bond motifs is 3. The second kappa shape index (κ2) is 8.55. The molecule has 1 amide bonds. The largest absolute Gasteiger partial charge is 0.454 e. The van der Waals surface area contributed by atoms with Crippen LogP contribution in [0.2, 0.25) is 5.02 Å². The van der Waals surface area contributed by atoms with Crippen LogP contribution in [-0.4, -0.2) is 43.6 Å². The number of rotatable bonds is 6. The van der Waals surface area contributed by atoms with E-state index < -0.39 is 11.7 Å². The van der Waals surface area contributed by atoms with E-state index in [0.29, 0.717) is 40.4 Å². The van der Waals surface area contributed by atoms with Crippen LogP contribution in [0.25, 0.3) is 16.6 Å². The maximum atomic E-state index is 14.1. The Morgan fingerprint density at radius 2 is 1.97 bits per heavy atom. The highest BCUT2D eigenvalue weighted by Crippen LogP contribution is 2.37. The predicted molar refractivity (Wildman–Crippen MR) is 125 cm³/mol. The number of ether oxygens (including phenoxy) is 2. The molecule has 6 rings (SSSR count). The first-order valence-corrected chi connectivity index (χ1v) is 11.3. The first-order valence-electron chi connectivity index (χ1n) is 10.9. The van der Waals surface area contributed by atoms with Crippen molar-refractivity contribution in [3.63, 3.8) is 0 Å². The highest BCUT2D eigenvalue weighted by Gasteiger charge is 2.21. The molecule has 0 aliphatic carbocycles. The van der Waals surface area contributed by atoms with Crippen molar-refractivity contribution >= 4 is 34.1 Å². The minimum atomic E-state index is -0.456. The molecule has 0 saturated carbocycles. The van der Waals surface area contributed by atoms with Crippen molar-refractivity contribution in [3.8, 4) is 11.5 Å². The van der Waals surface area contributed by atoms with Gasteiger partial charge in [-0.05, 0) is 42.0 Å². The van der Waals surface area contributed by atoms with Gasteiger partial charge in [-0.2, -0.15) is 5.10 Å². The molecule has 0 saturated heterocycles. The molecule has 9 nitrogen and oxygen atoms in total. The van der Waals surface area contributed by atoms with Crippen molar-refractivity contribution < 1.29 is 18.7 Å². The quantitative estimate of drug-likeness (QED) is 0.389. The van der Waals surface area contributed by atoms with Gasteiger partial charge in [0.25, 0.3) is 5.91 Å². The van der Waals surface area contributed by atoms with Gasteiger partial charge in [0.2, 0.25) is 6.79 Å². The molecule has 5 aromatic rings. The minimum Gasteiger partial charge on any atom is -0.454 e. The molecular weight excluding hydrogens is 475 g/mol. The van der Waals surface area contributed by atoms with E-state index in [2.05, 4.69) is 20.6 Å². The van der Waals surface area contributed by atoms with E-state index in [1.807, 2.05) is 28.8 Å². The minimum absolute atomic E-state index is 0.127. The Balaban J connectivity index is 1.25.